The molecule has 1 N–H and O–H groups in total. The predicted octanol–water partition coefficient (Wildman–Crippen LogP) is 2.74. The molecule has 0 aliphatic carbocycles. The van der Waals surface area contributed by atoms with Gasteiger partial charge in [0.25, 0.3) is 0 Å². The molecule has 1 fully saturated rings. The average molecular weight is 284 g/mol. The summed E-state index contributed by atoms with van der Waals surface area (Å²) < 4.78 is 1.07. The molecule has 0 bridgehead atoms. The van der Waals surface area contributed by atoms with Crippen molar-refractivity contribution in [2.45, 2.75) is 19.3 Å². The zero-order chi connectivity index (χ0) is 11.2. The van der Waals surface area contributed by atoms with Crippen molar-refractivity contribution in [2.75, 3.05) is 31.5 Å². The van der Waals surface area contributed by atoms with Gasteiger partial charge in [-0.3, -0.25) is 0 Å². The second-order valence-electron chi connectivity index (χ2n) is 4.19. The highest BCUT2D eigenvalue weighted by atomic mass is 79.9. The van der Waals surface area contributed by atoms with Crippen molar-refractivity contribution in [3.8, 4) is 0 Å². The monoisotopic (exact) mass is 283 g/mol. The van der Waals surface area contributed by atoms with Crippen LogP contribution in [0.15, 0.2) is 22.8 Å². The maximum atomic E-state index is 4.26. The Morgan fingerprint density at radius 2 is 2.12 bits per heavy atom. The van der Waals surface area contributed by atoms with E-state index in [9.17, 15) is 0 Å². The maximum Gasteiger partial charge on any atom is 0.127 e. The fraction of sp³-hybridized carbons (Fsp3) is 0.583. The van der Waals surface area contributed by atoms with Crippen LogP contribution in [0.2, 0.25) is 0 Å². The van der Waals surface area contributed by atoms with Gasteiger partial charge in [0.2, 0.25) is 0 Å². The van der Waals surface area contributed by atoms with Crippen LogP contribution < -0.4 is 5.32 Å². The zero-order valence-corrected chi connectivity index (χ0v) is 11.0. The highest BCUT2D eigenvalue weighted by molar-refractivity contribution is 9.10. The molecule has 1 saturated heterocycles. The molecule has 1 aromatic rings. The molecule has 3 nitrogen and oxygen atoms in total. The highest BCUT2D eigenvalue weighted by Crippen LogP contribution is 2.12. The molecular weight excluding hydrogens is 266 g/mol. The summed E-state index contributed by atoms with van der Waals surface area (Å²) in [6.07, 6.45) is 5.93. The molecule has 0 saturated carbocycles. The zero-order valence-electron chi connectivity index (χ0n) is 9.45. The number of likely N-dealkylation sites (tertiary alicyclic amines) is 1. The smallest absolute Gasteiger partial charge is 0.127 e. The van der Waals surface area contributed by atoms with Gasteiger partial charge in [0.05, 0.1) is 0 Å². The van der Waals surface area contributed by atoms with Crippen LogP contribution in [0.5, 0.6) is 0 Å². The first-order chi connectivity index (χ1) is 7.84. The number of nitrogens with zero attached hydrogens (tertiary/aromatic N) is 2. The third-order valence-corrected chi connectivity index (χ3v) is 3.40. The summed E-state index contributed by atoms with van der Waals surface area (Å²) >= 11 is 3.44. The Hall–Kier alpha value is -0.610. The number of nitrogens with one attached hydrogen (secondary N) is 1. The van der Waals surface area contributed by atoms with Crippen LogP contribution in [0.3, 0.4) is 0 Å². The predicted molar refractivity (Wildman–Crippen MR) is 70.7 cm³/mol. The summed E-state index contributed by atoms with van der Waals surface area (Å²) in [7, 11) is 0. The van der Waals surface area contributed by atoms with E-state index >= 15 is 0 Å². The van der Waals surface area contributed by atoms with Crippen LogP contribution in [0.1, 0.15) is 19.3 Å². The number of rotatable bonds is 4. The van der Waals surface area contributed by atoms with E-state index < -0.39 is 0 Å². The number of pyridine rings is 1. The number of aromatic nitrogens is 1. The van der Waals surface area contributed by atoms with Gasteiger partial charge >= 0.3 is 0 Å². The topological polar surface area (TPSA) is 28.2 Å². The third kappa shape index (κ3) is 3.76. The molecule has 2 rings (SSSR count). The van der Waals surface area contributed by atoms with E-state index in [0.29, 0.717) is 0 Å². The van der Waals surface area contributed by atoms with Crippen LogP contribution in [-0.2, 0) is 0 Å². The van der Waals surface area contributed by atoms with Crippen LogP contribution in [-0.4, -0.2) is 36.1 Å². The van der Waals surface area contributed by atoms with Crippen molar-refractivity contribution < 1.29 is 0 Å². The summed E-state index contributed by atoms with van der Waals surface area (Å²) in [6, 6.07) is 3.95. The molecule has 88 valence electrons. The van der Waals surface area contributed by atoms with Gasteiger partial charge in [-0.15, -0.1) is 0 Å². The molecule has 0 atom stereocenters. The number of hydrogen-bond donors (Lipinski definition) is 1. The average Bonchev–Trinajstić information content (AvgIpc) is 2.30. The van der Waals surface area contributed by atoms with Gasteiger partial charge in [0.15, 0.2) is 0 Å². The molecular formula is C12H18BrN3. The lowest BCUT2D eigenvalue weighted by Crippen LogP contribution is -2.33. The maximum absolute atomic E-state index is 4.26. The second-order valence-corrected chi connectivity index (χ2v) is 5.10. The van der Waals surface area contributed by atoms with E-state index in [2.05, 4.69) is 31.1 Å². The minimum absolute atomic E-state index is 0.950. The van der Waals surface area contributed by atoms with Crippen LogP contribution in [0.25, 0.3) is 0 Å². The molecule has 0 spiro atoms. The first kappa shape index (κ1) is 11.9. The first-order valence-corrected chi connectivity index (χ1v) is 6.72. The van der Waals surface area contributed by atoms with Crippen LogP contribution in [0.4, 0.5) is 5.82 Å². The summed E-state index contributed by atoms with van der Waals surface area (Å²) in [5, 5.41) is 3.35. The largest absolute Gasteiger partial charge is 0.369 e. The normalized spacial score (nSPS) is 17.3. The molecule has 1 aliphatic heterocycles. The van der Waals surface area contributed by atoms with E-state index in [0.717, 1.165) is 23.4 Å². The van der Waals surface area contributed by atoms with Crippen molar-refractivity contribution in [2.24, 2.45) is 0 Å². The first-order valence-electron chi connectivity index (χ1n) is 5.92. The quantitative estimate of drug-likeness (QED) is 0.921. The van der Waals surface area contributed by atoms with Gasteiger partial charge < -0.3 is 10.2 Å². The Morgan fingerprint density at radius 1 is 1.31 bits per heavy atom. The van der Waals surface area contributed by atoms with E-state index in [1.807, 2.05) is 18.3 Å². The fourth-order valence-electron chi connectivity index (χ4n) is 2.03. The Labute approximate surface area is 105 Å². The van der Waals surface area contributed by atoms with Crippen molar-refractivity contribution in [1.82, 2.24) is 9.88 Å². The van der Waals surface area contributed by atoms with Gasteiger partial charge in [-0.05, 0) is 38.1 Å². The lowest BCUT2D eigenvalue weighted by Gasteiger charge is -2.26. The summed E-state index contributed by atoms with van der Waals surface area (Å²) in [5.74, 6) is 0.950. The Bertz CT molecular complexity index is 324. The Kier molecular flexibility index (Phi) is 4.60. The molecule has 4 heteroatoms. The molecule has 0 radical (unpaired) electrons. The molecule has 1 aromatic heterocycles. The Balaban J connectivity index is 1.71. The van der Waals surface area contributed by atoms with E-state index in [-0.39, 0.29) is 0 Å². The van der Waals surface area contributed by atoms with Crippen molar-refractivity contribution in [1.29, 1.82) is 0 Å². The van der Waals surface area contributed by atoms with Gasteiger partial charge in [0.1, 0.15) is 5.82 Å². The third-order valence-electron chi connectivity index (χ3n) is 2.90. The van der Waals surface area contributed by atoms with Crippen LogP contribution in [0, 0.1) is 0 Å². The van der Waals surface area contributed by atoms with E-state index in [4.69, 9.17) is 0 Å². The summed E-state index contributed by atoms with van der Waals surface area (Å²) in [6.45, 7) is 4.61. The molecule has 2 heterocycles. The second kappa shape index (κ2) is 6.21. The molecule has 1 aliphatic rings. The standard InChI is InChI=1S/C12H18BrN3/c13-11-4-5-14-12(10-11)15-6-9-16-7-2-1-3-8-16/h4-5,10H,1-3,6-9H2,(H,14,15). The van der Waals surface area contributed by atoms with Gasteiger partial charge in [-0.25, -0.2) is 4.98 Å². The van der Waals surface area contributed by atoms with Gasteiger partial charge in [-0.2, -0.15) is 0 Å². The number of halogens is 1. The Morgan fingerprint density at radius 3 is 2.88 bits per heavy atom. The van der Waals surface area contributed by atoms with E-state index in [1.165, 1.54) is 32.4 Å². The molecule has 0 amide bonds. The fourth-order valence-corrected chi connectivity index (χ4v) is 2.36. The summed E-state index contributed by atoms with van der Waals surface area (Å²) in [5.41, 5.74) is 0. The van der Waals surface area contributed by atoms with Gasteiger partial charge in [0, 0.05) is 23.8 Å². The lowest BCUT2D eigenvalue weighted by molar-refractivity contribution is 0.237. The minimum atomic E-state index is 0.950. The van der Waals surface area contributed by atoms with E-state index in [1.54, 1.807) is 0 Å². The number of anilines is 1. The number of hydrogen-bond acceptors (Lipinski definition) is 3. The summed E-state index contributed by atoms with van der Waals surface area (Å²) in [4.78, 5) is 6.78. The highest BCUT2D eigenvalue weighted by Gasteiger charge is 2.08. The van der Waals surface area contributed by atoms with Crippen molar-refractivity contribution in [3.05, 3.63) is 22.8 Å². The number of piperidine rings is 1. The van der Waals surface area contributed by atoms with Gasteiger partial charge in [-0.1, -0.05) is 22.4 Å². The lowest BCUT2D eigenvalue weighted by atomic mass is 10.1. The minimum Gasteiger partial charge on any atom is -0.369 e. The molecule has 0 aromatic carbocycles. The SMILES string of the molecule is Brc1ccnc(NCCN2CCCCC2)c1. The van der Waals surface area contributed by atoms with Crippen molar-refractivity contribution >= 4 is 21.7 Å². The van der Waals surface area contributed by atoms with Crippen molar-refractivity contribution in [3.63, 3.8) is 0 Å². The molecule has 0 unspecified atom stereocenters. The van der Waals surface area contributed by atoms with Crippen LogP contribution >= 0.6 is 15.9 Å². The molecule has 16 heavy (non-hydrogen) atoms.